The normalized spacial score (nSPS) is 10.8. The fraction of sp³-hybridized carbons (Fsp3) is 0.417. The van der Waals surface area contributed by atoms with Crippen molar-refractivity contribution in [3.05, 3.63) is 58.9 Å². The Labute approximate surface area is 189 Å². The quantitative estimate of drug-likeness (QED) is 0.441. The van der Waals surface area contributed by atoms with Gasteiger partial charge in [-0.1, -0.05) is 19.8 Å². The molecule has 0 aliphatic heterocycles. The number of unbranched alkanes of at least 4 members (excludes halogenated alkanes) is 2. The van der Waals surface area contributed by atoms with E-state index in [0.29, 0.717) is 36.9 Å². The van der Waals surface area contributed by atoms with Gasteiger partial charge in [0.05, 0.1) is 12.3 Å². The molecule has 0 saturated carbocycles. The molecule has 0 radical (unpaired) electrons. The lowest BCUT2D eigenvalue weighted by molar-refractivity contribution is 0.0955. The zero-order valence-corrected chi connectivity index (χ0v) is 19.3. The molecule has 2 N–H and O–H groups in total. The first-order chi connectivity index (χ1) is 15.5. The Morgan fingerprint density at radius 1 is 1.00 bits per heavy atom. The number of anilines is 1. The SMILES string of the molecule is CCCCCOc1ccc(C(=O)NCCNc2ccc(-n3nc(C)c(C)c3C)nn2)cc1. The van der Waals surface area contributed by atoms with E-state index in [9.17, 15) is 4.79 Å². The molecule has 0 spiro atoms. The van der Waals surface area contributed by atoms with Gasteiger partial charge in [-0.25, -0.2) is 4.68 Å². The average Bonchev–Trinajstić information content (AvgIpc) is 3.07. The van der Waals surface area contributed by atoms with Gasteiger partial charge in [0, 0.05) is 24.3 Å². The summed E-state index contributed by atoms with van der Waals surface area (Å²) in [4.78, 5) is 12.3. The summed E-state index contributed by atoms with van der Waals surface area (Å²) in [6.07, 6.45) is 3.37. The van der Waals surface area contributed by atoms with E-state index in [4.69, 9.17) is 4.74 Å². The Hall–Kier alpha value is -3.42. The number of amides is 1. The van der Waals surface area contributed by atoms with Gasteiger partial charge in [-0.3, -0.25) is 4.79 Å². The maximum absolute atomic E-state index is 12.3. The summed E-state index contributed by atoms with van der Waals surface area (Å²) >= 11 is 0. The van der Waals surface area contributed by atoms with E-state index in [1.807, 2.05) is 45.0 Å². The topological polar surface area (TPSA) is 94.0 Å². The number of carbonyl (C=O) groups is 1. The number of carbonyl (C=O) groups excluding carboxylic acids is 1. The second kappa shape index (κ2) is 11.3. The number of aryl methyl sites for hydroxylation is 1. The van der Waals surface area contributed by atoms with Crippen molar-refractivity contribution in [2.75, 3.05) is 25.0 Å². The summed E-state index contributed by atoms with van der Waals surface area (Å²) < 4.78 is 7.48. The second-order valence-corrected chi connectivity index (χ2v) is 7.75. The molecule has 8 nitrogen and oxygen atoms in total. The van der Waals surface area contributed by atoms with Crippen LogP contribution < -0.4 is 15.4 Å². The smallest absolute Gasteiger partial charge is 0.251 e. The van der Waals surface area contributed by atoms with Crippen molar-refractivity contribution in [2.45, 2.75) is 47.0 Å². The molecule has 0 bridgehead atoms. The van der Waals surface area contributed by atoms with Crippen LogP contribution >= 0.6 is 0 Å². The number of ether oxygens (including phenoxy) is 1. The molecule has 0 aliphatic rings. The Balaban J connectivity index is 1.42. The van der Waals surface area contributed by atoms with Crippen molar-refractivity contribution in [1.82, 2.24) is 25.3 Å². The van der Waals surface area contributed by atoms with Gasteiger partial charge in [0.2, 0.25) is 0 Å². The average molecular weight is 437 g/mol. The predicted molar refractivity (Wildman–Crippen MR) is 126 cm³/mol. The van der Waals surface area contributed by atoms with Crippen LogP contribution in [0.15, 0.2) is 36.4 Å². The van der Waals surface area contributed by atoms with Crippen molar-refractivity contribution in [3.63, 3.8) is 0 Å². The summed E-state index contributed by atoms with van der Waals surface area (Å²) in [5.41, 5.74) is 3.79. The molecule has 8 heteroatoms. The first-order valence-electron chi connectivity index (χ1n) is 11.1. The van der Waals surface area contributed by atoms with Crippen LogP contribution in [-0.2, 0) is 0 Å². The minimum atomic E-state index is -0.120. The van der Waals surface area contributed by atoms with Crippen LogP contribution in [0.25, 0.3) is 5.82 Å². The van der Waals surface area contributed by atoms with Gasteiger partial charge < -0.3 is 15.4 Å². The molecular formula is C24H32N6O2. The number of nitrogens with one attached hydrogen (secondary N) is 2. The summed E-state index contributed by atoms with van der Waals surface area (Å²) in [7, 11) is 0. The molecule has 1 aromatic carbocycles. The van der Waals surface area contributed by atoms with Crippen molar-refractivity contribution < 1.29 is 9.53 Å². The molecule has 0 saturated heterocycles. The summed E-state index contributed by atoms with van der Waals surface area (Å²) in [6.45, 7) is 9.91. The molecule has 2 aromatic heterocycles. The van der Waals surface area contributed by atoms with E-state index >= 15 is 0 Å². The van der Waals surface area contributed by atoms with Gasteiger partial charge in [0.15, 0.2) is 5.82 Å². The summed E-state index contributed by atoms with van der Waals surface area (Å²) in [5.74, 6) is 1.99. The van der Waals surface area contributed by atoms with Crippen LogP contribution in [0, 0.1) is 20.8 Å². The third kappa shape index (κ3) is 6.06. The first kappa shape index (κ1) is 23.2. The fourth-order valence-electron chi connectivity index (χ4n) is 3.19. The van der Waals surface area contributed by atoms with E-state index in [1.54, 1.807) is 16.8 Å². The minimum absolute atomic E-state index is 0.120. The third-order valence-corrected chi connectivity index (χ3v) is 5.37. The van der Waals surface area contributed by atoms with E-state index in [0.717, 1.165) is 35.5 Å². The Kier molecular flexibility index (Phi) is 8.19. The lowest BCUT2D eigenvalue weighted by Gasteiger charge is -2.09. The van der Waals surface area contributed by atoms with Crippen molar-refractivity contribution in [3.8, 4) is 11.6 Å². The van der Waals surface area contributed by atoms with Crippen LogP contribution in [0.4, 0.5) is 5.82 Å². The molecule has 0 atom stereocenters. The van der Waals surface area contributed by atoms with Crippen molar-refractivity contribution in [1.29, 1.82) is 0 Å². The molecule has 0 unspecified atom stereocenters. The minimum Gasteiger partial charge on any atom is -0.494 e. The highest BCUT2D eigenvalue weighted by Gasteiger charge is 2.10. The Bertz CT molecular complexity index is 1010. The standard InChI is InChI=1S/C24H32N6O2/c1-5-6-7-16-32-21-10-8-20(9-11-21)24(31)26-15-14-25-22-12-13-23(28-27-22)30-19(4)17(2)18(3)29-30/h8-13H,5-7,14-16H2,1-4H3,(H,25,27)(H,26,31). The Morgan fingerprint density at radius 3 is 2.41 bits per heavy atom. The van der Waals surface area contributed by atoms with E-state index < -0.39 is 0 Å². The van der Waals surface area contributed by atoms with Crippen LogP contribution in [-0.4, -0.2) is 45.6 Å². The number of nitrogens with zero attached hydrogens (tertiary/aromatic N) is 4. The number of hydrogen-bond acceptors (Lipinski definition) is 6. The molecule has 0 fully saturated rings. The monoisotopic (exact) mass is 436 g/mol. The van der Waals surface area contributed by atoms with Gasteiger partial charge in [0.1, 0.15) is 11.6 Å². The highest BCUT2D eigenvalue weighted by Crippen LogP contribution is 2.16. The lowest BCUT2D eigenvalue weighted by atomic mass is 10.2. The largest absolute Gasteiger partial charge is 0.494 e. The van der Waals surface area contributed by atoms with E-state index in [1.165, 1.54) is 6.42 Å². The van der Waals surface area contributed by atoms with Gasteiger partial charge in [-0.05, 0) is 69.2 Å². The molecule has 32 heavy (non-hydrogen) atoms. The number of hydrogen-bond donors (Lipinski definition) is 2. The predicted octanol–water partition coefficient (Wildman–Crippen LogP) is 4.00. The molecular weight excluding hydrogens is 404 g/mol. The van der Waals surface area contributed by atoms with Crippen LogP contribution in [0.3, 0.4) is 0 Å². The van der Waals surface area contributed by atoms with Crippen LogP contribution in [0.5, 0.6) is 5.75 Å². The zero-order valence-electron chi connectivity index (χ0n) is 19.3. The number of rotatable bonds is 11. The molecule has 170 valence electrons. The third-order valence-electron chi connectivity index (χ3n) is 5.37. The Morgan fingerprint density at radius 2 is 1.78 bits per heavy atom. The molecule has 0 aliphatic carbocycles. The van der Waals surface area contributed by atoms with Gasteiger partial charge in [0.25, 0.3) is 5.91 Å². The van der Waals surface area contributed by atoms with Gasteiger partial charge in [-0.15, -0.1) is 10.2 Å². The van der Waals surface area contributed by atoms with E-state index in [-0.39, 0.29) is 5.91 Å². The maximum atomic E-state index is 12.3. The van der Waals surface area contributed by atoms with Crippen molar-refractivity contribution in [2.24, 2.45) is 0 Å². The highest BCUT2D eigenvalue weighted by atomic mass is 16.5. The summed E-state index contributed by atoms with van der Waals surface area (Å²) in [5, 5.41) is 19.0. The van der Waals surface area contributed by atoms with Crippen LogP contribution in [0.2, 0.25) is 0 Å². The van der Waals surface area contributed by atoms with Gasteiger partial charge >= 0.3 is 0 Å². The maximum Gasteiger partial charge on any atom is 0.251 e. The fourth-order valence-corrected chi connectivity index (χ4v) is 3.19. The lowest BCUT2D eigenvalue weighted by Crippen LogP contribution is -2.28. The molecule has 3 rings (SSSR count). The van der Waals surface area contributed by atoms with E-state index in [2.05, 4.69) is 32.9 Å². The molecule has 3 aromatic rings. The molecule has 1 amide bonds. The highest BCUT2D eigenvalue weighted by molar-refractivity contribution is 5.94. The number of benzene rings is 1. The van der Waals surface area contributed by atoms with Crippen molar-refractivity contribution >= 4 is 11.7 Å². The van der Waals surface area contributed by atoms with Crippen LogP contribution in [0.1, 0.15) is 53.5 Å². The second-order valence-electron chi connectivity index (χ2n) is 7.75. The molecule has 2 heterocycles. The summed E-state index contributed by atoms with van der Waals surface area (Å²) in [6, 6.07) is 11.0. The zero-order chi connectivity index (χ0) is 22.9. The number of aromatic nitrogens is 4. The van der Waals surface area contributed by atoms with Gasteiger partial charge in [-0.2, -0.15) is 5.10 Å². The first-order valence-corrected chi connectivity index (χ1v) is 11.1.